The van der Waals surface area contributed by atoms with Crippen LogP contribution in [0.15, 0.2) is 0 Å². The average Bonchev–Trinajstić information content (AvgIpc) is 3.41. The van der Waals surface area contributed by atoms with Crippen molar-refractivity contribution in [1.82, 2.24) is 14.0 Å². The zero-order valence-electron chi connectivity index (χ0n) is 11.0. The predicted octanol–water partition coefficient (Wildman–Crippen LogP) is -0.298. The van der Waals surface area contributed by atoms with Crippen molar-refractivity contribution in [3.8, 4) is 0 Å². The van der Waals surface area contributed by atoms with Gasteiger partial charge < -0.3 is 0 Å². The second-order valence-electron chi connectivity index (χ2n) is 3.26. The van der Waals surface area contributed by atoms with Crippen LogP contribution < -0.4 is 0 Å². The zero-order valence-corrected chi connectivity index (χ0v) is 13.3. The Balaban J connectivity index is -0.000000115. The first-order chi connectivity index (χ1) is 9.95. The van der Waals surface area contributed by atoms with Crippen LogP contribution >= 0.6 is 8.37 Å². The Kier molecular flexibility index (Phi) is 29.8. The van der Waals surface area contributed by atoms with Crippen molar-refractivity contribution in [2.24, 2.45) is 0 Å². The second kappa shape index (κ2) is 21.8. The molecule has 3 aliphatic heterocycles. The maximum atomic E-state index is 7.50. The van der Waals surface area contributed by atoms with E-state index in [1.54, 1.807) is 0 Å². The second-order valence-corrected chi connectivity index (χ2v) is 5.76. The Hall–Kier alpha value is -0.458. The van der Waals surface area contributed by atoms with Crippen molar-refractivity contribution in [2.75, 3.05) is 39.3 Å². The summed E-state index contributed by atoms with van der Waals surface area (Å²) in [6.45, 7) is 30.8. The molecule has 3 fully saturated rings. The van der Waals surface area contributed by atoms with Gasteiger partial charge in [-0.1, -0.05) is 0 Å². The van der Waals surface area contributed by atoms with Gasteiger partial charge in [0.2, 0.25) is 8.37 Å². The summed E-state index contributed by atoms with van der Waals surface area (Å²) in [5, 5.41) is 0. The molecular formula is C11H13CrN3O5P+. The summed E-state index contributed by atoms with van der Waals surface area (Å²) < 4.78 is 45.4. The summed E-state index contributed by atoms with van der Waals surface area (Å²) >= 11 is 0. The smallest absolute Gasteiger partial charge is 0 e. The molecule has 112 valence electrons. The predicted molar refractivity (Wildman–Crippen MR) is 62.7 cm³/mol. The molecule has 0 aliphatic carbocycles. The summed E-state index contributed by atoms with van der Waals surface area (Å²) in [4.78, 5) is 0. The van der Waals surface area contributed by atoms with Gasteiger partial charge in [-0.3, -0.25) is 0 Å². The molecule has 0 amide bonds. The third kappa shape index (κ3) is 14.3. The van der Waals surface area contributed by atoms with Crippen LogP contribution in [0.1, 0.15) is 0 Å². The van der Waals surface area contributed by atoms with Gasteiger partial charge in [-0.05, 0) is 0 Å². The first-order valence-corrected chi connectivity index (χ1v) is 6.43. The summed E-state index contributed by atoms with van der Waals surface area (Å²) in [5.41, 5.74) is 0. The minimum absolute atomic E-state index is 0. The molecule has 0 N–H and O–H groups in total. The van der Waals surface area contributed by atoms with Crippen LogP contribution in [0.5, 0.6) is 0 Å². The molecule has 21 heavy (non-hydrogen) atoms. The Bertz CT molecular complexity index is 272. The van der Waals surface area contributed by atoms with E-state index in [1.807, 2.05) is 0 Å². The monoisotopic (exact) mass is 350 g/mol. The molecule has 3 heterocycles. The maximum Gasteiger partial charge on any atom is 0 e. The quantitative estimate of drug-likeness (QED) is 0.302. The Morgan fingerprint density at radius 3 is 0.714 bits per heavy atom. The van der Waals surface area contributed by atoms with Gasteiger partial charge in [0, 0.05) is 17.4 Å². The number of rotatable bonds is 3. The molecule has 0 aromatic rings. The Labute approximate surface area is 136 Å². The topological polar surface area (TPSA) is 109 Å². The van der Waals surface area contributed by atoms with Crippen molar-refractivity contribution >= 4 is 8.37 Å². The van der Waals surface area contributed by atoms with Crippen LogP contribution in [-0.2, 0) is 40.6 Å². The van der Waals surface area contributed by atoms with Gasteiger partial charge in [0.05, 0.1) is 39.3 Å². The van der Waals surface area contributed by atoms with Gasteiger partial charge in [0.1, 0.15) is 0 Å². The average molecular weight is 350 g/mol. The van der Waals surface area contributed by atoms with E-state index < -0.39 is 0 Å². The molecule has 0 unspecified atom stereocenters. The van der Waals surface area contributed by atoms with Gasteiger partial charge in [-0.25, -0.2) is 0 Å². The van der Waals surface area contributed by atoms with Crippen molar-refractivity contribution in [3.05, 3.63) is 33.3 Å². The van der Waals surface area contributed by atoms with Crippen molar-refractivity contribution in [2.45, 2.75) is 0 Å². The van der Waals surface area contributed by atoms with Gasteiger partial charge in [0.25, 0.3) is 0 Å². The molecule has 3 aliphatic rings. The molecule has 3 rings (SSSR count). The van der Waals surface area contributed by atoms with Crippen molar-refractivity contribution < 1.29 is 40.6 Å². The zero-order chi connectivity index (χ0) is 16.6. The van der Waals surface area contributed by atoms with Crippen molar-refractivity contribution in [3.63, 3.8) is 0 Å². The van der Waals surface area contributed by atoms with E-state index in [2.05, 4.69) is 47.3 Å². The molecular weight excluding hydrogens is 337 g/mol. The third-order valence-corrected chi connectivity index (χ3v) is 5.23. The number of hydrogen-bond acceptors (Lipinski definition) is 3. The standard InChI is InChI=1S/C6H12N3P.5CO.Cr/c1-2-7(1)10(8-3-4-8)9-5-6-9;5*1-2;/h1-6H2;;;;;;/p+1. The van der Waals surface area contributed by atoms with Crippen LogP contribution in [0.4, 0.5) is 0 Å². The summed E-state index contributed by atoms with van der Waals surface area (Å²) in [5.74, 6) is 0. The number of nitrogens with zero attached hydrogens (tertiary/aromatic N) is 3. The summed E-state index contributed by atoms with van der Waals surface area (Å²) in [6, 6.07) is 0. The maximum absolute atomic E-state index is 7.50. The molecule has 0 bridgehead atoms. The van der Waals surface area contributed by atoms with E-state index in [0.717, 1.165) is 0 Å². The molecule has 0 atom stereocenters. The van der Waals surface area contributed by atoms with E-state index in [-0.39, 0.29) is 25.7 Å². The fourth-order valence-electron chi connectivity index (χ4n) is 1.35. The van der Waals surface area contributed by atoms with Gasteiger partial charge in [0.15, 0.2) is 0 Å². The molecule has 10 heteroatoms. The summed E-state index contributed by atoms with van der Waals surface area (Å²) in [7, 11) is -0.262. The number of hydrogen-bond donors (Lipinski definition) is 0. The van der Waals surface area contributed by atoms with Crippen LogP contribution in [0.2, 0.25) is 0 Å². The largest absolute Gasteiger partial charge is 0 e. The third-order valence-electron chi connectivity index (χ3n) is 2.19. The van der Waals surface area contributed by atoms with Gasteiger partial charge >= 0.3 is 56.5 Å². The first kappa shape index (κ1) is 28.7. The fraction of sp³-hybridized carbons (Fsp3) is 0.545. The normalized spacial score (nSPS) is 16.3. The van der Waals surface area contributed by atoms with Crippen LogP contribution in [0.3, 0.4) is 0 Å². The molecule has 3 saturated heterocycles. The fourth-order valence-corrected chi connectivity index (χ4v) is 4.05. The molecule has 0 aromatic heterocycles. The minimum Gasteiger partial charge on any atom is 0 e. The SMILES string of the molecule is C1CN1[PH+](N1CC1)N1CC1.[C-]#[O+].[C-]#[O+].[C-]#[O+].[C-]#[O+].[C-]#[O+].[Cr]. The molecule has 0 spiro atoms. The Morgan fingerprint density at radius 2 is 0.619 bits per heavy atom. The van der Waals surface area contributed by atoms with Crippen LogP contribution in [-0.4, -0.2) is 53.3 Å². The van der Waals surface area contributed by atoms with E-state index in [9.17, 15) is 0 Å². The first-order valence-electron chi connectivity index (χ1n) is 5.09. The van der Waals surface area contributed by atoms with Crippen LogP contribution in [0.25, 0.3) is 0 Å². The van der Waals surface area contributed by atoms with E-state index in [4.69, 9.17) is 23.3 Å². The summed E-state index contributed by atoms with van der Waals surface area (Å²) in [6.07, 6.45) is 0. The molecule has 0 saturated carbocycles. The molecule has 0 aromatic carbocycles. The van der Waals surface area contributed by atoms with Gasteiger partial charge in [-0.2, -0.15) is 0 Å². The van der Waals surface area contributed by atoms with E-state index in [1.165, 1.54) is 39.3 Å². The van der Waals surface area contributed by atoms with Crippen molar-refractivity contribution in [1.29, 1.82) is 0 Å². The van der Waals surface area contributed by atoms with Gasteiger partial charge in [-0.15, -0.1) is 14.0 Å². The Morgan fingerprint density at radius 1 is 0.476 bits per heavy atom. The minimum atomic E-state index is -0.262. The van der Waals surface area contributed by atoms with E-state index in [0.29, 0.717) is 0 Å². The van der Waals surface area contributed by atoms with Crippen LogP contribution in [0, 0.1) is 33.3 Å². The molecule has 0 radical (unpaired) electrons. The molecule has 8 nitrogen and oxygen atoms in total. The van der Waals surface area contributed by atoms with E-state index >= 15 is 0 Å².